The van der Waals surface area contributed by atoms with Crippen molar-refractivity contribution in [1.82, 2.24) is 5.32 Å². The zero-order chi connectivity index (χ0) is 11.0. The summed E-state index contributed by atoms with van der Waals surface area (Å²) in [7, 11) is 0. The Bertz CT molecular complexity index is 144. The SMILES string of the molecule is C=CCCCC(C)CCNC(C)(C)C. The minimum atomic E-state index is 0.265. The van der Waals surface area contributed by atoms with Crippen LogP contribution in [0.1, 0.15) is 53.4 Å². The van der Waals surface area contributed by atoms with E-state index in [0.717, 1.165) is 18.9 Å². The van der Waals surface area contributed by atoms with Gasteiger partial charge in [-0.25, -0.2) is 0 Å². The molecule has 1 atom stereocenters. The van der Waals surface area contributed by atoms with E-state index in [1.807, 2.05) is 6.08 Å². The van der Waals surface area contributed by atoms with Gasteiger partial charge in [-0.1, -0.05) is 19.4 Å². The second kappa shape index (κ2) is 7.05. The molecule has 0 saturated heterocycles. The van der Waals surface area contributed by atoms with Gasteiger partial charge in [0.15, 0.2) is 0 Å². The summed E-state index contributed by atoms with van der Waals surface area (Å²) in [6, 6.07) is 0. The molecule has 0 heterocycles. The van der Waals surface area contributed by atoms with Gasteiger partial charge in [-0.15, -0.1) is 6.58 Å². The average molecular weight is 197 g/mol. The Balaban J connectivity index is 3.35. The minimum absolute atomic E-state index is 0.265. The maximum Gasteiger partial charge on any atom is 0.00965 e. The van der Waals surface area contributed by atoms with Crippen molar-refractivity contribution in [1.29, 1.82) is 0 Å². The number of hydrogen-bond donors (Lipinski definition) is 1. The van der Waals surface area contributed by atoms with E-state index in [1.54, 1.807) is 0 Å². The van der Waals surface area contributed by atoms with Crippen LogP contribution in [-0.2, 0) is 0 Å². The first-order valence-electron chi connectivity index (χ1n) is 5.81. The van der Waals surface area contributed by atoms with E-state index in [9.17, 15) is 0 Å². The molecule has 0 bridgehead atoms. The quantitative estimate of drug-likeness (QED) is 0.484. The summed E-state index contributed by atoms with van der Waals surface area (Å²) < 4.78 is 0. The van der Waals surface area contributed by atoms with Gasteiger partial charge in [0.05, 0.1) is 0 Å². The largest absolute Gasteiger partial charge is 0.312 e. The van der Waals surface area contributed by atoms with E-state index in [1.165, 1.54) is 19.3 Å². The summed E-state index contributed by atoms with van der Waals surface area (Å²) in [6.07, 6.45) is 7.09. The van der Waals surface area contributed by atoms with Crippen LogP contribution >= 0.6 is 0 Å². The number of hydrogen-bond acceptors (Lipinski definition) is 1. The van der Waals surface area contributed by atoms with Gasteiger partial charge < -0.3 is 5.32 Å². The Morgan fingerprint density at radius 1 is 1.29 bits per heavy atom. The number of rotatable bonds is 7. The molecule has 0 aliphatic heterocycles. The highest BCUT2D eigenvalue weighted by molar-refractivity contribution is 4.71. The molecule has 0 rings (SSSR count). The van der Waals surface area contributed by atoms with Crippen LogP contribution in [-0.4, -0.2) is 12.1 Å². The van der Waals surface area contributed by atoms with E-state index < -0.39 is 0 Å². The maximum absolute atomic E-state index is 3.74. The first kappa shape index (κ1) is 13.7. The third-order valence-corrected chi connectivity index (χ3v) is 2.40. The van der Waals surface area contributed by atoms with Gasteiger partial charge in [-0.3, -0.25) is 0 Å². The van der Waals surface area contributed by atoms with Crippen LogP contribution < -0.4 is 5.32 Å². The summed E-state index contributed by atoms with van der Waals surface area (Å²) in [5.74, 6) is 0.838. The molecule has 0 aliphatic rings. The topological polar surface area (TPSA) is 12.0 Å². The number of nitrogens with one attached hydrogen (secondary N) is 1. The monoisotopic (exact) mass is 197 g/mol. The van der Waals surface area contributed by atoms with Gasteiger partial charge in [0.25, 0.3) is 0 Å². The molecule has 14 heavy (non-hydrogen) atoms. The van der Waals surface area contributed by atoms with Gasteiger partial charge >= 0.3 is 0 Å². The molecular formula is C13H27N. The van der Waals surface area contributed by atoms with Crippen LogP contribution in [0, 0.1) is 5.92 Å². The molecule has 0 saturated carbocycles. The zero-order valence-corrected chi connectivity index (χ0v) is 10.4. The highest BCUT2D eigenvalue weighted by atomic mass is 14.9. The maximum atomic E-state index is 3.74. The normalized spacial score (nSPS) is 14.0. The predicted molar refractivity (Wildman–Crippen MR) is 65.6 cm³/mol. The fourth-order valence-electron chi connectivity index (χ4n) is 1.45. The van der Waals surface area contributed by atoms with Crippen LogP contribution in [0.2, 0.25) is 0 Å². The molecule has 0 aromatic heterocycles. The molecule has 0 aliphatic carbocycles. The molecule has 0 fully saturated rings. The highest BCUT2D eigenvalue weighted by Gasteiger charge is 2.08. The van der Waals surface area contributed by atoms with Crippen molar-refractivity contribution in [2.24, 2.45) is 5.92 Å². The summed E-state index contributed by atoms with van der Waals surface area (Å²) in [5.41, 5.74) is 0.265. The van der Waals surface area contributed by atoms with Crippen LogP contribution in [0.4, 0.5) is 0 Å². The summed E-state index contributed by atoms with van der Waals surface area (Å²) >= 11 is 0. The summed E-state index contributed by atoms with van der Waals surface area (Å²) in [4.78, 5) is 0. The fraction of sp³-hybridized carbons (Fsp3) is 0.846. The van der Waals surface area contributed by atoms with Gasteiger partial charge in [0.2, 0.25) is 0 Å². The molecule has 0 aromatic rings. The minimum Gasteiger partial charge on any atom is -0.312 e. The van der Waals surface area contributed by atoms with Gasteiger partial charge in [0, 0.05) is 5.54 Å². The molecular weight excluding hydrogens is 170 g/mol. The Morgan fingerprint density at radius 2 is 1.93 bits per heavy atom. The van der Waals surface area contributed by atoms with Crippen molar-refractivity contribution in [2.45, 2.75) is 58.9 Å². The molecule has 1 nitrogen and oxygen atoms in total. The van der Waals surface area contributed by atoms with E-state index in [0.29, 0.717) is 0 Å². The molecule has 0 aromatic carbocycles. The van der Waals surface area contributed by atoms with Crippen LogP contribution in [0.3, 0.4) is 0 Å². The first-order valence-corrected chi connectivity index (χ1v) is 5.81. The van der Waals surface area contributed by atoms with E-state index >= 15 is 0 Å². The average Bonchev–Trinajstić information content (AvgIpc) is 2.02. The Hall–Kier alpha value is -0.300. The lowest BCUT2D eigenvalue weighted by molar-refractivity contribution is 0.383. The predicted octanol–water partition coefficient (Wildman–Crippen LogP) is 3.76. The lowest BCUT2D eigenvalue weighted by atomic mass is 10.00. The van der Waals surface area contributed by atoms with Crippen molar-refractivity contribution < 1.29 is 0 Å². The lowest BCUT2D eigenvalue weighted by Gasteiger charge is -2.21. The van der Waals surface area contributed by atoms with Gasteiger partial charge in [0.1, 0.15) is 0 Å². The Morgan fingerprint density at radius 3 is 2.43 bits per heavy atom. The standard InChI is InChI=1S/C13H27N/c1-6-7-8-9-12(2)10-11-14-13(3,4)5/h6,12,14H,1,7-11H2,2-5H3. The summed E-state index contributed by atoms with van der Waals surface area (Å²) in [5, 5.41) is 3.52. The third-order valence-electron chi connectivity index (χ3n) is 2.40. The number of unbranched alkanes of at least 4 members (excludes halogenated alkanes) is 1. The molecule has 1 N–H and O–H groups in total. The lowest BCUT2D eigenvalue weighted by Crippen LogP contribution is -2.36. The van der Waals surface area contributed by atoms with Crippen molar-refractivity contribution in [3.63, 3.8) is 0 Å². The fourth-order valence-corrected chi connectivity index (χ4v) is 1.45. The van der Waals surface area contributed by atoms with E-state index in [2.05, 4.69) is 39.6 Å². The first-order chi connectivity index (χ1) is 6.45. The Labute approximate surface area is 90.0 Å². The molecule has 0 radical (unpaired) electrons. The molecule has 84 valence electrons. The highest BCUT2D eigenvalue weighted by Crippen LogP contribution is 2.12. The van der Waals surface area contributed by atoms with E-state index in [-0.39, 0.29) is 5.54 Å². The number of allylic oxidation sites excluding steroid dienone is 1. The van der Waals surface area contributed by atoms with Crippen molar-refractivity contribution in [2.75, 3.05) is 6.54 Å². The zero-order valence-electron chi connectivity index (χ0n) is 10.4. The second-order valence-electron chi connectivity index (χ2n) is 5.29. The van der Waals surface area contributed by atoms with Crippen molar-refractivity contribution in [3.8, 4) is 0 Å². The molecule has 0 spiro atoms. The van der Waals surface area contributed by atoms with Crippen LogP contribution in [0.25, 0.3) is 0 Å². The molecule has 1 unspecified atom stereocenters. The smallest absolute Gasteiger partial charge is 0.00965 e. The van der Waals surface area contributed by atoms with Crippen LogP contribution in [0.5, 0.6) is 0 Å². The van der Waals surface area contributed by atoms with Crippen LogP contribution in [0.15, 0.2) is 12.7 Å². The Kier molecular flexibility index (Phi) is 6.90. The van der Waals surface area contributed by atoms with Crippen molar-refractivity contribution in [3.05, 3.63) is 12.7 Å². The second-order valence-corrected chi connectivity index (χ2v) is 5.29. The molecule has 0 amide bonds. The summed E-state index contributed by atoms with van der Waals surface area (Å²) in [6.45, 7) is 13.9. The van der Waals surface area contributed by atoms with Crippen molar-refractivity contribution >= 4 is 0 Å². The van der Waals surface area contributed by atoms with Gasteiger partial charge in [-0.05, 0) is 52.5 Å². The molecule has 1 heteroatoms. The third kappa shape index (κ3) is 9.79. The van der Waals surface area contributed by atoms with Gasteiger partial charge in [-0.2, -0.15) is 0 Å². The van der Waals surface area contributed by atoms with E-state index in [4.69, 9.17) is 0 Å².